The number of anilines is 1. The lowest BCUT2D eigenvalue weighted by molar-refractivity contribution is 0.208. The Kier molecular flexibility index (Phi) is 2.91. The van der Waals surface area contributed by atoms with Gasteiger partial charge in [0.25, 0.3) is 0 Å². The number of pyridine rings is 1. The number of aromatic nitrogens is 1. The average molecular weight is 166 g/mol. The zero-order chi connectivity index (χ0) is 8.97. The molecular weight excluding hydrogens is 152 g/mol. The second-order valence-electron chi connectivity index (χ2n) is 2.77. The first-order valence-corrected chi connectivity index (χ1v) is 4.10. The lowest BCUT2D eigenvalue weighted by Crippen LogP contribution is -2.10. The molecule has 1 aromatic rings. The van der Waals surface area contributed by atoms with Crippen molar-refractivity contribution in [3.63, 3.8) is 0 Å². The SMILES string of the molecule is CCC(C)Oc1ccc(N)cn1. The van der Waals surface area contributed by atoms with Gasteiger partial charge in [0.2, 0.25) is 5.88 Å². The van der Waals surface area contributed by atoms with Crippen molar-refractivity contribution >= 4 is 5.69 Å². The second kappa shape index (κ2) is 3.95. The van der Waals surface area contributed by atoms with E-state index < -0.39 is 0 Å². The summed E-state index contributed by atoms with van der Waals surface area (Å²) in [5, 5.41) is 0. The number of nitrogen functional groups attached to an aromatic ring is 1. The predicted octanol–water partition coefficient (Wildman–Crippen LogP) is 1.84. The van der Waals surface area contributed by atoms with Crippen molar-refractivity contribution in [3.05, 3.63) is 18.3 Å². The van der Waals surface area contributed by atoms with Crippen molar-refractivity contribution in [1.29, 1.82) is 0 Å². The lowest BCUT2D eigenvalue weighted by Gasteiger charge is -2.10. The number of rotatable bonds is 3. The van der Waals surface area contributed by atoms with Gasteiger partial charge in [0.15, 0.2) is 0 Å². The summed E-state index contributed by atoms with van der Waals surface area (Å²) in [4.78, 5) is 4.02. The molecule has 0 saturated carbocycles. The summed E-state index contributed by atoms with van der Waals surface area (Å²) in [6, 6.07) is 3.56. The van der Waals surface area contributed by atoms with E-state index in [0.29, 0.717) is 11.6 Å². The molecule has 1 heterocycles. The first-order valence-electron chi connectivity index (χ1n) is 4.10. The molecular formula is C9H14N2O. The molecule has 1 rings (SSSR count). The molecule has 0 fully saturated rings. The van der Waals surface area contributed by atoms with Gasteiger partial charge in [0.05, 0.1) is 18.0 Å². The molecule has 0 radical (unpaired) electrons. The van der Waals surface area contributed by atoms with E-state index in [2.05, 4.69) is 11.9 Å². The predicted molar refractivity (Wildman–Crippen MR) is 49.0 cm³/mol. The molecule has 3 nitrogen and oxygen atoms in total. The molecule has 0 bridgehead atoms. The molecule has 0 spiro atoms. The molecule has 2 N–H and O–H groups in total. The fraction of sp³-hybridized carbons (Fsp3) is 0.444. The molecule has 0 amide bonds. The Morgan fingerprint density at radius 1 is 1.58 bits per heavy atom. The maximum atomic E-state index is 5.47. The Morgan fingerprint density at radius 2 is 2.33 bits per heavy atom. The highest BCUT2D eigenvalue weighted by molar-refractivity contribution is 5.35. The van der Waals surface area contributed by atoms with Crippen LogP contribution in [0.25, 0.3) is 0 Å². The fourth-order valence-electron chi connectivity index (χ4n) is 0.751. The van der Waals surface area contributed by atoms with Gasteiger partial charge in [-0.25, -0.2) is 4.98 Å². The molecule has 0 saturated heterocycles. The van der Waals surface area contributed by atoms with Crippen LogP contribution in [0.15, 0.2) is 18.3 Å². The van der Waals surface area contributed by atoms with E-state index in [1.54, 1.807) is 18.3 Å². The molecule has 66 valence electrons. The van der Waals surface area contributed by atoms with Gasteiger partial charge in [-0.05, 0) is 19.4 Å². The average Bonchev–Trinajstić information content (AvgIpc) is 2.09. The van der Waals surface area contributed by atoms with E-state index >= 15 is 0 Å². The first-order chi connectivity index (χ1) is 5.72. The van der Waals surface area contributed by atoms with Crippen LogP contribution < -0.4 is 10.5 Å². The van der Waals surface area contributed by atoms with Crippen LogP contribution >= 0.6 is 0 Å². The minimum Gasteiger partial charge on any atom is -0.475 e. The number of ether oxygens (including phenoxy) is 1. The van der Waals surface area contributed by atoms with Crippen LogP contribution in [-0.2, 0) is 0 Å². The van der Waals surface area contributed by atoms with Crippen LogP contribution in [0.1, 0.15) is 20.3 Å². The van der Waals surface area contributed by atoms with Crippen molar-refractivity contribution in [3.8, 4) is 5.88 Å². The van der Waals surface area contributed by atoms with Gasteiger partial charge in [-0.15, -0.1) is 0 Å². The molecule has 1 aromatic heterocycles. The highest BCUT2D eigenvalue weighted by Gasteiger charge is 2.00. The summed E-state index contributed by atoms with van der Waals surface area (Å²) in [5.74, 6) is 0.638. The monoisotopic (exact) mass is 166 g/mol. The zero-order valence-corrected chi connectivity index (χ0v) is 7.45. The Labute approximate surface area is 72.6 Å². The number of nitrogens with two attached hydrogens (primary N) is 1. The molecule has 0 aliphatic heterocycles. The maximum Gasteiger partial charge on any atom is 0.213 e. The Bertz CT molecular complexity index is 233. The minimum atomic E-state index is 0.209. The van der Waals surface area contributed by atoms with Crippen LogP contribution in [0.2, 0.25) is 0 Å². The van der Waals surface area contributed by atoms with Gasteiger partial charge in [0, 0.05) is 6.07 Å². The van der Waals surface area contributed by atoms with Gasteiger partial charge >= 0.3 is 0 Å². The first kappa shape index (κ1) is 8.84. The molecule has 1 atom stereocenters. The van der Waals surface area contributed by atoms with Crippen LogP contribution in [0.5, 0.6) is 5.88 Å². The standard InChI is InChI=1S/C9H14N2O/c1-3-7(2)12-9-5-4-8(10)6-11-9/h4-7H,3,10H2,1-2H3. The van der Waals surface area contributed by atoms with Gasteiger partial charge in [-0.3, -0.25) is 0 Å². The third-order valence-electron chi connectivity index (χ3n) is 1.66. The van der Waals surface area contributed by atoms with Crippen LogP contribution in [-0.4, -0.2) is 11.1 Å². The quantitative estimate of drug-likeness (QED) is 0.745. The van der Waals surface area contributed by atoms with E-state index in [9.17, 15) is 0 Å². The van der Waals surface area contributed by atoms with Crippen molar-refractivity contribution < 1.29 is 4.74 Å². The third-order valence-corrected chi connectivity index (χ3v) is 1.66. The summed E-state index contributed by atoms with van der Waals surface area (Å²) in [6.07, 6.45) is 2.78. The van der Waals surface area contributed by atoms with Gasteiger partial charge in [-0.2, -0.15) is 0 Å². The number of nitrogens with zero attached hydrogens (tertiary/aromatic N) is 1. The largest absolute Gasteiger partial charge is 0.475 e. The van der Waals surface area contributed by atoms with E-state index in [4.69, 9.17) is 10.5 Å². The van der Waals surface area contributed by atoms with Gasteiger partial charge in [0.1, 0.15) is 0 Å². The molecule has 0 aromatic carbocycles. The Morgan fingerprint density at radius 3 is 2.83 bits per heavy atom. The number of hydrogen-bond acceptors (Lipinski definition) is 3. The Balaban J connectivity index is 2.58. The van der Waals surface area contributed by atoms with Crippen LogP contribution in [0.4, 0.5) is 5.69 Å². The van der Waals surface area contributed by atoms with Crippen molar-refractivity contribution in [2.75, 3.05) is 5.73 Å². The van der Waals surface area contributed by atoms with Crippen LogP contribution in [0, 0.1) is 0 Å². The van der Waals surface area contributed by atoms with Gasteiger partial charge in [-0.1, -0.05) is 6.92 Å². The summed E-state index contributed by atoms with van der Waals surface area (Å²) < 4.78 is 5.45. The normalized spacial score (nSPS) is 12.5. The minimum absolute atomic E-state index is 0.209. The molecule has 0 aliphatic carbocycles. The third kappa shape index (κ3) is 2.42. The molecule has 0 aliphatic rings. The maximum absolute atomic E-state index is 5.47. The summed E-state index contributed by atoms with van der Waals surface area (Å²) >= 11 is 0. The fourth-order valence-corrected chi connectivity index (χ4v) is 0.751. The molecule has 12 heavy (non-hydrogen) atoms. The highest BCUT2D eigenvalue weighted by Crippen LogP contribution is 2.11. The van der Waals surface area contributed by atoms with Gasteiger partial charge < -0.3 is 10.5 Å². The van der Waals surface area contributed by atoms with E-state index in [0.717, 1.165) is 6.42 Å². The Hall–Kier alpha value is -1.25. The summed E-state index contributed by atoms with van der Waals surface area (Å²) in [6.45, 7) is 4.08. The topological polar surface area (TPSA) is 48.1 Å². The smallest absolute Gasteiger partial charge is 0.213 e. The summed E-state index contributed by atoms with van der Waals surface area (Å²) in [5.41, 5.74) is 6.13. The van der Waals surface area contributed by atoms with E-state index in [1.165, 1.54) is 0 Å². The van der Waals surface area contributed by atoms with Crippen molar-refractivity contribution in [2.24, 2.45) is 0 Å². The zero-order valence-electron chi connectivity index (χ0n) is 7.45. The lowest BCUT2D eigenvalue weighted by atomic mass is 10.3. The highest BCUT2D eigenvalue weighted by atomic mass is 16.5. The molecule has 3 heteroatoms. The van der Waals surface area contributed by atoms with E-state index in [-0.39, 0.29) is 6.10 Å². The van der Waals surface area contributed by atoms with Crippen molar-refractivity contribution in [2.45, 2.75) is 26.4 Å². The van der Waals surface area contributed by atoms with Crippen LogP contribution in [0.3, 0.4) is 0 Å². The summed E-state index contributed by atoms with van der Waals surface area (Å²) in [7, 11) is 0. The van der Waals surface area contributed by atoms with Crippen molar-refractivity contribution in [1.82, 2.24) is 4.98 Å². The second-order valence-corrected chi connectivity index (χ2v) is 2.77. The van der Waals surface area contributed by atoms with E-state index in [1.807, 2.05) is 6.92 Å². The molecule has 1 unspecified atom stereocenters. The number of hydrogen-bond donors (Lipinski definition) is 1.